The summed E-state index contributed by atoms with van der Waals surface area (Å²) in [7, 11) is 0. The smallest absolute Gasteiger partial charge is 0.251 e. The van der Waals surface area contributed by atoms with Gasteiger partial charge in [0.1, 0.15) is 0 Å². The zero-order valence-corrected chi connectivity index (χ0v) is 15.1. The summed E-state index contributed by atoms with van der Waals surface area (Å²) in [6.45, 7) is 7.95. The van der Waals surface area contributed by atoms with Crippen LogP contribution in [0.15, 0.2) is 24.3 Å². The molecule has 5 heteroatoms. The standard InChI is InChI=1S/C17H26N2OS2/c1-3-19(4-2)11-10-18-16(20)14-6-8-15(9-7-14)17-21-12-5-13-22-17/h6-9,17H,3-5,10-13H2,1-2H3,(H,18,20). The van der Waals surface area contributed by atoms with Crippen LogP contribution in [0, 0.1) is 0 Å². The first-order valence-corrected chi connectivity index (χ1v) is 10.2. The maximum atomic E-state index is 12.2. The van der Waals surface area contributed by atoms with Gasteiger partial charge in [0.15, 0.2) is 0 Å². The van der Waals surface area contributed by atoms with Crippen LogP contribution in [0.2, 0.25) is 0 Å². The third-order valence-electron chi connectivity index (χ3n) is 3.88. The van der Waals surface area contributed by atoms with E-state index < -0.39 is 0 Å². The zero-order valence-electron chi connectivity index (χ0n) is 13.5. The molecular weight excluding hydrogens is 312 g/mol. The minimum atomic E-state index is 0.0302. The van der Waals surface area contributed by atoms with Gasteiger partial charge in [-0.05, 0) is 48.7 Å². The third-order valence-corrected chi connectivity index (χ3v) is 6.90. The van der Waals surface area contributed by atoms with E-state index in [9.17, 15) is 4.79 Å². The van der Waals surface area contributed by atoms with Crippen LogP contribution in [0.5, 0.6) is 0 Å². The molecule has 1 heterocycles. The Hall–Kier alpha value is -0.650. The summed E-state index contributed by atoms with van der Waals surface area (Å²) in [6, 6.07) is 8.13. The van der Waals surface area contributed by atoms with E-state index in [1.807, 2.05) is 35.7 Å². The molecule has 1 aromatic rings. The monoisotopic (exact) mass is 338 g/mol. The first kappa shape index (κ1) is 17.7. The topological polar surface area (TPSA) is 32.3 Å². The molecule has 2 rings (SSSR count). The number of benzene rings is 1. The fourth-order valence-electron chi connectivity index (χ4n) is 2.44. The Morgan fingerprint density at radius 2 is 1.82 bits per heavy atom. The summed E-state index contributed by atoms with van der Waals surface area (Å²) in [5.41, 5.74) is 2.09. The van der Waals surface area contributed by atoms with Crippen LogP contribution < -0.4 is 5.32 Å². The van der Waals surface area contributed by atoms with Crippen molar-refractivity contribution in [3.63, 3.8) is 0 Å². The lowest BCUT2D eigenvalue weighted by atomic mass is 10.1. The number of carbonyl (C=O) groups is 1. The van der Waals surface area contributed by atoms with Crippen LogP contribution in [0.4, 0.5) is 0 Å². The Labute approximate surface area is 142 Å². The average molecular weight is 339 g/mol. The van der Waals surface area contributed by atoms with Crippen LogP contribution in [0.25, 0.3) is 0 Å². The molecule has 1 aromatic carbocycles. The summed E-state index contributed by atoms with van der Waals surface area (Å²) in [6.07, 6.45) is 1.30. The van der Waals surface area contributed by atoms with Gasteiger partial charge in [-0.2, -0.15) is 0 Å². The number of hydrogen-bond donors (Lipinski definition) is 1. The van der Waals surface area contributed by atoms with Gasteiger partial charge < -0.3 is 10.2 Å². The van der Waals surface area contributed by atoms with Crippen LogP contribution >= 0.6 is 23.5 Å². The number of carbonyl (C=O) groups excluding carboxylic acids is 1. The van der Waals surface area contributed by atoms with Crippen LogP contribution in [0.1, 0.15) is 40.8 Å². The van der Waals surface area contributed by atoms with E-state index in [2.05, 4.69) is 36.2 Å². The maximum absolute atomic E-state index is 12.2. The molecule has 0 atom stereocenters. The normalized spacial score (nSPS) is 16.0. The molecule has 0 spiro atoms. The molecule has 0 aliphatic carbocycles. The lowest BCUT2D eigenvalue weighted by Gasteiger charge is -2.21. The summed E-state index contributed by atoms with van der Waals surface area (Å²) >= 11 is 4.02. The molecule has 0 saturated carbocycles. The van der Waals surface area contributed by atoms with Crippen LogP contribution in [-0.2, 0) is 0 Å². The summed E-state index contributed by atoms with van der Waals surface area (Å²) in [4.78, 5) is 14.5. The van der Waals surface area contributed by atoms with Crippen molar-refractivity contribution in [1.82, 2.24) is 10.2 Å². The highest BCUT2D eigenvalue weighted by molar-refractivity contribution is 8.16. The van der Waals surface area contributed by atoms with Crippen molar-refractivity contribution >= 4 is 29.4 Å². The van der Waals surface area contributed by atoms with Gasteiger partial charge >= 0.3 is 0 Å². The van der Waals surface area contributed by atoms with E-state index in [1.54, 1.807) is 0 Å². The fraction of sp³-hybridized carbons (Fsp3) is 0.588. The first-order valence-electron chi connectivity index (χ1n) is 8.08. The van der Waals surface area contributed by atoms with E-state index >= 15 is 0 Å². The number of likely N-dealkylation sites (N-methyl/N-ethyl adjacent to an activating group) is 1. The molecule has 1 fully saturated rings. The number of rotatable bonds is 7. The van der Waals surface area contributed by atoms with E-state index in [0.29, 0.717) is 11.1 Å². The molecule has 3 nitrogen and oxygen atoms in total. The van der Waals surface area contributed by atoms with Crippen molar-refractivity contribution in [1.29, 1.82) is 0 Å². The fourth-order valence-corrected chi connectivity index (χ4v) is 5.34. The second kappa shape index (κ2) is 9.48. The van der Waals surface area contributed by atoms with E-state index in [4.69, 9.17) is 0 Å². The molecule has 1 aliphatic heterocycles. The SMILES string of the molecule is CCN(CC)CCNC(=O)c1ccc(C2SCCCS2)cc1. The lowest BCUT2D eigenvalue weighted by Crippen LogP contribution is -2.34. The minimum Gasteiger partial charge on any atom is -0.351 e. The van der Waals surface area contributed by atoms with E-state index in [0.717, 1.165) is 25.2 Å². The second-order valence-corrected chi connectivity index (χ2v) is 8.06. The lowest BCUT2D eigenvalue weighted by molar-refractivity contribution is 0.0949. The van der Waals surface area contributed by atoms with Crippen molar-refractivity contribution < 1.29 is 4.79 Å². The Bertz CT molecular complexity index is 454. The molecule has 1 amide bonds. The van der Waals surface area contributed by atoms with E-state index in [1.165, 1.54) is 23.5 Å². The molecular formula is C17H26N2OS2. The van der Waals surface area contributed by atoms with Gasteiger partial charge in [0.05, 0.1) is 4.58 Å². The predicted octanol–water partition coefficient (Wildman–Crippen LogP) is 3.63. The summed E-state index contributed by atoms with van der Waals surface area (Å²) in [5, 5.41) is 3.01. The number of amides is 1. The molecule has 1 N–H and O–H groups in total. The quantitative estimate of drug-likeness (QED) is 0.823. The van der Waals surface area contributed by atoms with Crippen molar-refractivity contribution in [3.8, 4) is 0 Å². The highest BCUT2D eigenvalue weighted by Gasteiger charge is 2.16. The van der Waals surface area contributed by atoms with Gasteiger partial charge in [-0.1, -0.05) is 26.0 Å². The van der Waals surface area contributed by atoms with E-state index in [-0.39, 0.29) is 5.91 Å². The maximum Gasteiger partial charge on any atom is 0.251 e. The summed E-state index contributed by atoms with van der Waals surface area (Å²) < 4.78 is 0.536. The highest BCUT2D eigenvalue weighted by Crippen LogP contribution is 2.43. The number of thioether (sulfide) groups is 2. The van der Waals surface area contributed by atoms with Crippen LogP contribution in [0.3, 0.4) is 0 Å². The van der Waals surface area contributed by atoms with Gasteiger partial charge in [0.25, 0.3) is 5.91 Å². The largest absolute Gasteiger partial charge is 0.351 e. The third kappa shape index (κ3) is 5.21. The number of hydrogen-bond acceptors (Lipinski definition) is 4. The molecule has 0 bridgehead atoms. The van der Waals surface area contributed by atoms with Gasteiger partial charge in [-0.25, -0.2) is 0 Å². The average Bonchev–Trinajstić information content (AvgIpc) is 2.59. The highest BCUT2D eigenvalue weighted by atomic mass is 32.2. The number of nitrogens with zero attached hydrogens (tertiary/aromatic N) is 1. The molecule has 22 heavy (non-hydrogen) atoms. The number of nitrogens with one attached hydrogen (secondary N) is 1. The molecule has 0 radical (unpaired) electrons. The van der Waals surface area contributed by atoms with Gasteiger partial charge in [0, 0.05) is 18.7 Å². The minimum absolute atomic E-state index is 0.0302. The molecule has 1 aliphatic rings. The molecule has 1 saturated heterocycles. The first-order chi connectivity index (χ1) is 10.7. The van der Waals surface area contributed by atoms with Gasteiger partial charge in [-0.15, -0.1) is 23.5 Å². The van der Waals surface area contributed by atoms with Crippen molar-refractivity contribution in [2.75, 3.05) is 37.7 Å². The Morgan fingerprint density at radius 3 is 2.41 bits per heavy atom. The Balaban J connectivity index is 1.82. The molecule has 0 aromatic heterocycles. The van der Waals surface area contributed by atoms with Crippen molar-refractivity contribution in [2.45, 2.75) is 24.9 Å². The van der Waals surface area contributed by atoms with Gasteiger partial charge in [0.2, 0.25) is 0 Å². The second-order valence-electron chi connectivity index (χ2n) is 5.33. The van der Waals surface area contributed by atoms with Crippen molar-refractivity contribution in [2.24, 2.45) is 0 Å². The predicted molar refractivity (Wildman–Crippen MR) is 98.8 cm³/mol. The summed E-state index contributed by atoms with van der Waals surface area (Å²) in [5.74, 6) is 2.51. The molecule has 0 unspecified atom stereocenters. The molecule has 122 valence electrons. The Morgan fingerprint density at radius 1 is 1.18 bits per heavy atom. The van der Waals surface area contributed by atoms with Crippen LogP contribution in [-0.4, -0.2) is 48.5 Å². The van der Waals surface area contributed by atoms with Gasteiger partial charge in [-0.3, -0.25) is 4.79 Å². The Kier molecular flexibility index (Phi) is 7.63. The zero-order chi connectivity index (χ0) is 15.8. The van der Waals surface area contributed by atoms with Crippen molar-refractivity contribution in [3.05, 3.63) is 35.4 Å².